The number of benzene rings is 3. The predicted octanol–water partition coefficient (Wildman–Crippen LogP) is 3.72. The van der Waals surface area contributed by atoms with Crippen molar-refractivity contribution in [2.45, 2.75) is 18.9 Å². The van der Waals surface area contributed by atoms with E-state index in [9.17, 15) is 9.59 Å². The summed E-state index contributed by atoms with van der Waals surface area (Å²) < 4.78 is 0. The SMILES string of the molecule is O=C(NC(Cc1ccccc1)C(=O)Cc1cccc2cn[nH]c12)c1ccccc1. The molecule has 4 aromatic rings. The van der Waals surface area contributed by atoms with Gasteiger partial charge in [-0.15, -0.1) is 0 Å². The molecule has 0 aliphatic rings. The highest BCUT2D eigenvalue weighted by atomic mass is 16.2. The lowest BCUT2D eigenvalue weighted by Crippen LogP contribution is -2.43. The predicted molar refractivity (Wildman–Crippen MR) is 113 cm³/mol. The van der Waals surface area contributed by atoms with Gasteiger partial charge in [-0.2, -0.15) is 5.10 Å². The second kappa shape index (κ2) is 8.52. The molecule has 1 aromatic heterocycles. The third-order valence-corrected chi connectivity index (χ3v) is 4.94. The van der Waals surface area contributed by atoms with E-state index >= 15 is 0 Å². The number of nitrogens with one attached hydrogen (secondary N) is 2. The number of nitrogens with zero attached hydrogens (tertiary/aromatic N) is 1. The molecule has 29 heavy (non-hydrogen) atoms. The van der Waals surface area contributed by atoms with Crippen LogP contribution < -0.4 is 5.32 Å². The van der Waals surface area contributed by atoms with Crippen LogP contribution in [0.2, 0.25) is 0 Å². The van der Waals surface area contributed by atoms with E-state index in [1.807, 2.05) is 66.7 Å². The third-order valence-electron chi connectivity index (χ3n) is 4.94. The molecule has 1 heterocycles. The molecule has 3 aromatic carbocycles. The number of amides is 1. The Morgan fingerprint density at radius 3 is 2.38 bits per heavy atom. The molecule has 1 atom stereocenters. The highest BCUT2D eigenvalue weighted by Crippen LogP contribution is 2.17. The number of carbonyl (C=O) groups excluding carboxylic acids is 2. The fourth-order valence-electron chi connectivity index (χ4n) is 3.41. The Labute approximate surface area is 168 Å². The van der Waals surface area contributed by atoms with E-state index in [-0.39, 0.29) is 18.1 Å². The van der Waals surface area contributed by atoms with E-state index in [0.29, 0.717) is 12.0 Å². The lowest BCUT2D eigenvalue weighted by molar-refractivity contribution is -0.120. The van der Waals surface area contributed by atoms with Crippen LogP contribution >= 0.6 is 0 Å². The molecule has 5 heteroatoms. The molecule has 0 saturated carbocycles. The Bertz CT molecular complexity index is 1120. The Morgan fingerprint density at radius 2 is 1.62 bits per heavy atom. The summed E-state index contributed by atoms with van der Waals surface area (Å²) in [5, 5.41) is 10.9. The van der Waals surface area contributed by atoms with Crippen LogP contribution in [-0.4, -0.2) is 27.9 Å². The van der Waals surface area contributed by atoms with Crippen molar-refractivity contribution in [3.05, 3.63) is 102 Å². The van der Waals surface area contributed by atoms with Gasteiger partial charge >= 0.3 is 0 Å². The molecule has 1 unspecified atom stereocenters. The second-order valence-electron chi connectivity index (χ2n) is 6.98. The van der Waals surface area contributed by atoms with Gasteiger partial charge in [0, 0.05) is 17.4 Å². The number of aromatic nitrogens is 2. The summed E-state index contributed by atoms with van der Waals surface area (Å²) in [5.41, 5.74) is 3.26. The van der Waals surface area contributed by atoms with Crippen molar-refractivity contribution in [1.29, 1.82) is 0 Å². The number of Topliss-reactive ketones (excluding diaryl/α,β-unsaturated/α-hetero) is 1. The zero-order valence-electron chi connectivity index (χ0n) is 15.8. The second-order valence-corrected chi connectivity index (χ2v) is 6.98. The number of hydrogen-bond acceptors (Lipinski definition) is 3. The number of ketones is 1. The van der Waals surface area contributed by atoms with Crippen LogP contribution in [-0.2, 0) is 17.6 Å². The number of hydrogen-bond donors (Lipinski definition) is 2. The number of carbonyl (C=O) groups is 2. The average molecular weight is 383 g/mol. The summed E-state index contributed by atoms with van der Waals surface area (Å²) in [5.74, 6) is -0.292. The van der Waals surface area contributed by atoms with E-state index < -0.39 is 6.04 Å². The summed E-state index contributed by atoms with van der Waals surface area (Å²) in [6.07, 6.45) is 2.39. The lowest BCUT2D eigenvalue weighted by atomic mass is 9.96. The molecule has 0 aliphatic carbocycles. The Kier molecular flexibility index (Phi) is 5.47. The Hall–Kier alpha value is -3.73. The van der Waals surface area contributed by atoms with Crippen molar-refractivity contribution in [2.75, 3.05) is 0 Å². The zero-order chi connectivity index (χ0) is 20.1. The number of rotatable bonds is 7. The van der Waals surface area contributed by atoms with Crippen LogP contribution in [0.4, 0.5) is 0 Å². The average Bonchev–Trinajstić information content (AvgIpc) is 3.24. The summed E-state index contributed by atoms with van der Waals surface area (Å²) in [6.45, 7) is 0. The van der Waals surface area contributed by atoms with Crippen molar-refractivity contribution in [3.63, 3.8) is 0 Å². The van der Waals surface area contributed by atoms with Gasteiger partial charge in [-0.05, 0) is 29.7 Å². The largest absolute Gasteiger partial charge is 0.342 e. The molecule has 0 spiro atoms. The molecule has 2 N–H and O–H groups in total. The normalized spacial score (nSPS) is 11.9. The standard InChI is InChI=1S/C24H21N3O2/c28-22(15-19-12-7-13-20-16-25-27-23(19)20)21(14-17-8-3-1-4-9-17)26-24(29)18-10-5-2-6-11-18/h1-13,16,21H,14-15H2,(H,25,27)(H,26,29). The summed E-state index contributed by atoms with van der Waals surface area (Å²) in [7, 11) is 0. The minimum Gasteiger partial charge on any atom is -0.342 e. The summed E-state index contributed by atoms with van der Waals surface area (Å²) >= 11 is 0. The molecule has 4 rings (SSSR count). The fraction of sp³-hybridized carbons (Fsp3) is 0.125. The maximum Gasteiger partial charge on any atom is 0.251 e. The maximum absolute atomic E-state index is 13.2. The molecular formula is C24H21N3O2. The number of para-hydroxylation sites is 1. The number of H-pyrrole nitrogens is 1. The van der Waals surface area contributed by atoms with E-state index in [4.69, 9.17) is 0 Å². The van der Waals surface area contributed by atoms with Gasteiger partial charge < -0.3 is 5.32 Å². The minimum absolute atomic E-state index is 0.0414. The van der Waals surface area contributed by atoms with Crippen LogP contribution in [0.25, 0.3) is 10.9 Å². The molecule has 0 bridgehead atoms. The minimum atomic E-state index is -0.622. The smallest absolute Gasteiger partial charge is 0.251 e. The van der Waals surface area contributed by atoms with Gasteiger partial charge in [0.05, 0.1) is 17.8 Å². The van der Waals surface area contributed by atoms with Crippen LogP contribution in [0, 0.1) is 0 Å². The van der Waals surface area contributed by atoms with Gasteiger partial charge in [-0.1, -0.05) is 66.7 Å². The Morgan fingerprint density at radius 1 is 0.897 bits per heavy atom. The van der Waals surface area contributed by atoms with Crippen LogP contribution in [0.15, 0.2) is 85.1 Å². The van der Waals surface area contributed by atoms with Crippen LogP contribution in [0.5, 0.6) is 0 Å². The molecule has 0 fully saturated rings. The first-order valence-corrected chi connectivity index (χ1v) is 9.54. The van der Waals surface area contributed by atoms with Gasteiger partial charge in [-0.25, -0.2) is 0 Å². The highest BCUT2D eigenvalue weighted by molar-refractivity contribution is 5.99. The van der Waals surface area contributed by atoms with Crippen molar-refractivity contribution in [1.82, 2.24) is 15.5 Å². The van der Waals surface area contributed by atoms with E-state index in [2.05, 4.69) is 15.5 Å². The summed E-state index contributed by atoms with van der Waals surface area (Å²) in [6, 6.07) is 23.8. The van der Waals surface area contributed by atoms with Crippen LogP contribution in [0.3, 0.4) is 0 Å². The maximum atomic E-state index is 13.2. The van der Waals surface area contributed by atoms with Gasteiger partial charge in [0.25, 0.3) is 5.91 Å². The molecule has 0 radical (unpaired) electrons. The third kappa shape index (κ3) is 4.41. The van der Waals surface area contributed by atoms with Crippen molar-refractivity contribution >= 4 is 22.6 Å². The highest BCUT2D eigenvalue weighted by Gasteiger charge is 2.23. The van der Waals surface area contributed by atoms with Gasteiger partial charge in [0.2, 0.25) is 0 Å². The van der Waals surface area contributed by atoms with Crippen molar-refractivity contribution in [3.8, 4) is 0 Å². The van der Waals surface area contributed by atoms with Crippen molar-refractivity contribution in [2.24, 2.45) is 0 Å². The van der Waals surface area contributed by atoms with E-state index in [1.165, 1.54) is 0 Å². The number of aromatic amines is 1. The number of fused-ring (bicyclic) bond motifs is 1. The molecule has 0 aliphatic heterocycles. The first-order valence-electron chi connectivity index (χ1n) is 9.54. The Balaban J connectivity index is 1.57. The topological polar surface area (TPSA) is 74.8 Å². The van der Waals surface area contributed by atoms with Gasteiger partial charge in [0.15, 0.2) is 5.78 Å². The summed E-state index contributed by atoms with van der Waals surface area (Å²) in [4.78, 5) is 25.9. The van der Waals surface area contributed by atoms with Gasteiger partial charge in [-0.3, -0.25) is 14.7 Å². The molecule has 144 valence electrons. The van der Waals surface area contributed by atoms with Crippen molar-refractivity contribution < 1.29 is 9.59 Å². The zero-order valence-corrected chi connectivity index (χ0v) is 15.8. The monoisotopic (exact) mass is 383 g/mol. The fourth-order valence-corrected chi connectivity index (χ4v) is 3.41. The van der Waals surface area contributed by atoms with E-state index in [1.54, 1.807) is 18.3 Å². The van der Waals surface area contributed by atoms with E-state index in [0.717, 1.165) is 22.0 Å². The molecular weight excluding hydrogens is 362 g/mol. The molecule has 0 saturated heterocycles. The quantitative estimate of drug-likeness (QED) is 0.511. The first-order chi connectivity index (χ1) is 14.2. The first kappa shape index (κ1) is 18.6. The lowest BCUT2D eigenvalue weighted by Gasteiger charge is -2.18. The molecule has 5 nitrogen and oxygen atoms in total. The van der Waals surface area contributed by atoms with Gasteiger partial charge in [0.1, 0.15) is 0 Å². The van der Waals surface area contributed by atoms with Crippen LogP contribution in [0.1, 0.15) is 21.5 Å². The molecule has 1 amide bonds.